The number of hydrogen-bond donors (Lipinski definition) is 2. The van der Waals surface area contributed by atoms with Gasteiger partial charge in [-0.1, -0.05) is 206 Å². The molecule has 0 bridgehead atoms. The highest BCUT2D eigenvalue weighted by molar-refractivity contribution is 5.69. The smallest absolute Gasteiger partial charge is 0.305 e. The molecule has 63 heavy (non-hydrogen) atoms. The van der Waals surface area contributed by atoms with Crippen molar-refractivity contribution in [3.8, 4) is 0 Å². The molecule has 0 aliphatic rings. The molecule has 0 saturated heterocycles. The molecule has 0 aromatic carbocycles. The summed E-state index contributed by atoms with van der Waals surface area (Å²) in [5, 5.41) is 18.9. The Morgan fingerprint density at radius 1 is 0.397 bits per heavy atom. The van der Waals surface area contributed by atoms with Crippen LogP contribution in [0.1, 0.15) is 264 Å². The number of allylic oxidation sites excluding steroid dienone is 1. The maximum absolute atomic E-state index is 12.5. The Labute approximate surface area is 389 Å². The maximum atomic E-state index is 12.5. The van der Waals surface area contributed by atoms with Gasteiger partial charge in [0.25, 0.3) is 0 Å². The fraction of sp³-hybridized carbons (Fsp3) is 0.926. The Bertz CT molecular complexity index is 1020. The molecule has 0 heterocycles. The molecule has 0 saturated carbocycles. The van der Waals surface area contributed by atoms with Crippen molar-refractivity contribution in [3.63, 3.8) is 0 Å². The number of aliphatic hydroxyl groups is 1. The van der Waals surface area contributed by atoms with Gasteiger partial charge < -0.3 is 29.5 Å². The van der Waals surface area contributed by atoms with Crippen LogP contribution in [0.3, 0.4) is 0 Å². The van der Waals surface area contributed by atoms with Crippen molar-refractivity contribution < 1.29 is 34.1 Å². The van der Waals surface area contributed by atoms with Crippen molar-refractivity contribution in [1.29, 1.82) is 0 Å². The summed E-state index contributed by atoms with van der Waals surface area (Å²) < 4.78 is 11.3. The van der Waals surface area contributed by atoms with Crippen LogP contribution in [0.25, 0.3) is 0 Å². The third-order valence-electron chi connectivity index (χ3n) is 12.6. The molecule has 0 unspecified atom stereocenters. The number of carboxylic acids is 1. The van der Waals surface area contributed by atoms with Crippen LogP contribution in [0, 0.1) is 0 Å². The summed E-state index contributed by atoms with van der Waals surface area (Å²) in [5.74, 6) is 1.45. The zero-order chi connectivity index (χ0) is 45.9. The van der Waals surface area contributed by atoms with Gasteiger partial charge in [0, 0.05) is 25.8 Å². The fourth-order valence-electron chi connectivity index (χ4n) is 8.60. The molecule has 9 heteroatoms. The standard InChI is InChI=1S/C54H104N2O7/c1-3-5-7-9-11-13-15-16-17-18-19-20-21-22-23-24-26-28-30-32-34-50-63-54(61)41-37-44-55(43-36-40-53(59)60)45-38-46-56(47-48-57)42-35-39-52(51-58)62-49-33-31-29-27-25-14-12-10-8-6-4-2/h57H,3-50H2,1-2H3,(H,59,60). The van der Waals surface area contributed by atoms with E-state index in [1.165, 1.54) is 180 Å². The Hall–Kier alpha value is -1.93. The lowest BCUT2D eigenvalue weighted by molar-refractivity contribution is -0.144. The van der Waals surface area contributed by atoms with Crippen molar-refractivity contribution in [1.82, 2.24) is 9.80 Å². The second-order valence-electron chi connectivity index (χ2n) is 18.7. The maximum Gasteiger partial charge on any atom is 0.305 e. The molecule has 0 aliphatic carbocycles. The summed E-state index contributed by atoms with van der Waals surface area (Å²) >= 11 is 0. The normalized spacial score (nSPS) is 11.4. The van der Waals surface area contributed by atoms with E-state index in [1.807, 2.05) is 5.94 Å². The van der Waals surface area contributed by atoms with Crippen LogP contribution >= 0.6 is 0 Å². The van der Waals surface area contributed by atoms with Crippen LogP contribution < -0.4 is 0 Å². The highest BCUT2D eigenvalue weighted by Gasteiger charge is 2.12. The SMILES string of the molecule is CCCCCCCCCCCCCCCCCCCCCCCOC(=O)CCCN(CCCC(=O)O)CCCN(CCO)CCCC(=C=O)OCCCCCCCCCCCCC. The number of aliphatic hydroxyl groups excluding tert-OH is 1. The van der Waals surface area contributed by atoms with E-state index in [9.17, 15) is 24.6 Å². The lowest BCUT2D eigenvalue weighted by atomic mass is 10.0. The topological polar surface area (TPSA) is 117 Å². The number of carbonyl (C=O) groups excluding carboxylic acids is 2. The van der Waals surface area contributed by atoms with Crippen molar-refractivity contribution in [2.45, 2.75) is 264 Å². The molecule has 0 aromatic heterocycles. The van der Waals surface area contributed by atoms with E-state index in [-0.39, 0.29) is 19.0 Å². The number of unbranched alkanes of at least 4 members (excludes halogenated alkanes) is 30. The molecule has 372 valence electrons. The van der Waals surface area contributed by atoms with Crippen molar-refractivity contribution in [2.24, 2.45) is 0 Å². The van der Waals surface area contributed by atoms with E-state index >= 15 is 0 Å². The van der Waals surface area contributed by atoms with Crippen LogP contribution in [0.15, 0.2) is 5.76 Å². The van der Waals surface area contributed by atoms with E-state index in [0.29, 0.717) is 57.7 Å². The molecular weight excluding hydrogens is 789 g/mol. The third kappa shape index (κ3) is 47.8. The van der Waals surface area contributed by atoms with E-state index in [4.69, 9.17) is 9.47 Å². The molecule has 0 radical (unpaired) electrons. The molecule has 0 spiro atoms. The molecule has 0 atom stereocenters. The van der Waals surface area contributed by atoms with Gasteiger partial charge in [0.2, 0.25) is 0 Å². The average Bonchev–Trinajstić information content (AvgIpc) is 3.27. The minimum absolute atomic E-state index is 0.0652. The lowest BCUT2D eigenvalue weighted by Gasteiger charge is -2.25. The second-order valence-corrected chi connectivity index (χ2v) is 18.7. The molecule has 0 fully saturated rings. The third-order valence-corrected chi connectivity index (χ3v) is 12.6. The fourth-order valence-corrected chi connectivity index (χ4v) is 8.60. The van der Waals surface area contributed by atoms with Crippen molar-refractivity contribution >= 4 is 17.9 Å². The van der Waals surface area contributed by atoms with Crippen LogP contribution in [0.2, 0.25) is 0 Å². The molecule has 0 aromatic rings. The van der Waals surface area contributed by atoms with Crippen LogP contribution in [-0.4, -0.2) is 97.0 Å². The first kappa shape index (κ1) is 61.1. The number of esters is 1. The highest BCUT2D eigenvalue weighted by atomic mass is 16.5. The van der Waals surface area contributed by atoms with Crippen LogP contribution in [-0.2, 0) is 23.9 Å². The van der Waals surface area contributed by atoms with Crippen molar-refractivity contribution in [2.75, 3.05) is 59.1 Å². The van der Waals surface area contributed by atoms with E-state index in [0.717, 1.165) is 64.7 Å². The van der Waals surface area contributed by atoms with Crippen LogP contribution in [0.5, 0.6) is 0 Å². The largest absolute Gasteiger partial charge is 0.487 e. The summed E-state index contributed by atoms with van der Waals surface area (Å²) in [6, 6.07) is 0. The first-order chi connectivity index (χ1) is 31.0. The Morgan fingerprint density at radius 2 is 0.714 bits per heavy atom. The minimum Gasteiger partial charge on any atom is -0.487 e. The van der Waals surface area contributed by atoms with Gasteiger partial charge in [-0.05, 0) is 71.2 Å². The van der Waals surface area contributed by atoms with Gasteiger partial charge in [-0.3, -0.25) is 9.59 Å². The molecule has 0 aliphatic heterocycles. The van der Waals surface area contributed by atoms with Gasteiger partial charge in [-0.25, -0.2) is 4.79 Å². The van der Waals surface area contributed by atoms with Gasteiger partial charge in [-0.2, -0.15) is 0 Å². The van der Waals surface area contributed by atoms with Crippen molar-refractivity contribution in [3.05, 3.63) is 5.76 Å². The quantitative estimate of drug-likeness (QED) is 0.0266. The molecule has 2 N–H and O–H groups in total. The molecular formula is C54H104N2O7. The molecule has 0 amide bonds. The van der Waals surface area contributed by atoms with Gasteiger partial charge in [0.05, 0.1) is 19.8 Å². The summed E-state index contributed by atoms with van der Waals surface area (Å²) in [4.78, 5) is 39.6. The van der Waals surface area contributed by atoms with Crippen LogP contribution in [0.4, 0.5) is 0 Å². The van der Waals surface area contributed by atoms with Gasteiger partial charge in [0.1, 0.15) is 0 Å². The summed E-state index contributed by atoms with van der Waals surface area (Å²) in [6.07, 6.45) is 46.3. The summed E-state index contributed by atoms with van der Waals surface area (Å²) in [5.41, 5.74) is 0. The molecule has 0 rings (SSSR count). The number of rotatable bonds is 53. The molecule has 9 nitrogen and oxygen atoms in total. The van der Waals surface area contributed by atoms with Gasteiger partial charge in [0.15, 0.2) is 11.7 Å². The summed E-state index contributed by atoms with van der Waals surface area (Å²) in [6.45, 7) is 9.95. The monoisotopic (exact) mass is 893 g/mol. The Morgan fingerprint density at radius 3 is 1.08 bits per heavy atom. The highest BCUT2D eigenvalue weighted by Crippen LogP contribution is 2.16. The average molecular weight is 893 g/mol. The zero-order valence-corrected chi connectivity index (χ0v) is 41.8. The predicted molar refractivity (Wildman–Crippen MR) is 265 cm³/mol. The minimum atomic E-state index is -0.792. The first-order valence-corrected chi connectivity index (χ1v) is 27.3. The number of hydrogen-bond acceptors (Lipinski definition) is 8. The second kappa shape index (κ2) is 51.1. The first-order valence-electron chi connectivity index (χ1n) is 27.3. The lowest BCUT2D eigenvalue weighted by Crippen LogP contribution is -2.33. The summed E-state index contributed by atoms with van der Waals surface area (Å²) in [7, 11) is 0. The predicted octanol–water partition coefficient (Wildman–Crippen LogP) is 14.2. The Balaban J connectivity index is 4.03. The Kier molecular flexibility index (Phi) is 49.5. The van der Waals surface area contributed by atoms with E-state index < -0.39 is 5.97 Å². The van der Waals surface area contributed by atoms with Gasteiger partial charge >= 0.3 is 11.9 Å². The number of nitrogens with zero attached hydrogens (tertiary/aromatic N) is 2. The van der Waals surface area contributed by atoms with E-state index in [1.54, 1.807) is 0 Å². The number of carboxylic acid groups (broad SMARTS) is 1. The van der Waals surface area contributed by atoms with E-state index in [2.05, 4.69) is 23.6 Å². The number of carbonyl (C=O) groups is 2. The van der Waals surface area contributed by atoms with Gasteiger partial charge in [-0.15, -0.1) is 0 Å². The zero-order valence-electron chi connectivity index (χ0n) is 41.8. The number of ether oxygens (including phenoxy) is 2. The number of aliphatic carboxylic acids is 1.